The number of benzene rings is 1. The summed E-state index contributed by atoms with van der Waals surface area (Å²) in [5.41, 5.74) is 0.790. The van der Waals surface area contributed by atoms with E-state index >= 15 is 0 Å². The van der Waals surface area contributed by atoms with Crippen LogP contribution in [0.1, 0.15) is 76.0 Å². The Bertz CT molecular complexity index is 1080. The molecule has 8 nitrogen and oxygen atoms in total. The van der Waals surface area contributed by atoms with Crippen LogP contribution in [0.25, 0.3) is 0 Å². The van der Waals surface area contributed by atoms with E-state index < -0.39 is 17.7 Å². The maximum Gasteiger partial charge on any atom is 0.251 e. The highest BCUT2D eigenvalue weighted by molar-refractivity contribution is 6.04. The number of aliphatic hydroxyl groups is 1. The third-order valence-electron chi connectivity index (χ3n) is 7.21. The van der Waals surface area contributed by atoms with E-state index in [1.54, 1.807) is 62.6 Å². The molecule has 2 amide bonds. The molecule has 2 fully saturated rings. The van der Waals surface area contributed by atoms with Crippen molar-refractivity contribution in [3.63, 3.8) is 0 Å². The van der Waals surface area contributed by atoms with Gasteiger partial charge < -0.3 is 10.4 Å². The van der Waals surface area contributed by atoms with Crippen LogP contribution in [0.4, 0.5) is 5.69 Å². The van der Waals surface area contributed by atoms with Gasteiger partial charge in [-0.15, -0.1) is 0 Å². The van der Waals surface area contributed by atoms with Crippen LogP contribution in [-0.2, 0) is 15.2 Å². The van der Waals surface area contributed by atoms with Crippen LogP contribution >= 0.6 is 0 Å². The quantitative estimate of drug-likeness (QED) is 0.573. The second kappa shape index (κ2) is 11.1. The van der Waals surface area contributed by atoms with Crippen LogP contribution in [0.15, 0.2) is 48.8 Å². The Kier molecular flexibility index (Phi) is 7.90. The zero-order chi connectivity index (χ0) is 25.7. The fraction of sp³-hybridized carbons (Fsp3) is 0.500. The summed E-state index contributed by atoms with van der Waals surface area (Å²) >= 11 is 0. The predicted octanol–water partition coefficient (Wildman–Crippen LogP) is 3.78. The summed E-state index contributed by atoms with van der Waals surface area (Å²) in [7, 11) is 0. The Balaban J connectivity index is 1.77. The highest BCUT2D eigenvalue weighted by atomic mass is 16.3. The van der Waals surface area contributed by atoms with Crippen LogP contribution < -0.4 is 10.2 Å². The van der Waals surface area contributed by atoms with Gasteiger partial charge in [0.15, 0.2) is 6.19 Å². The van der Waals surface area contributed by atoms with Crippen molar-refractivity contribution in [2.45, 2.75) is 82.5 Å². The number of hydrogen-bond donors (Lipinski definition) is 2. The summed E-state index contributed by atoms with van der Waals surface area (Å²) in [6.45, 7) is 3.92. The monoisotopic (exact) mass is 489 g/mol. The molecule has 0 spiro atoms. The van der Waals surface area contributed by atoms with Crippen molar-refractivity contribution in [1.82, 2.24) is 15.2 Å². The molecule has 36 heavy (non-hydrogen) atoms. The zero-order valence-corrected chi connectivity index (χ0v) is 21.1. The first-order valence-electron chi connectivity index (χ1n) is 12.8. The molecule has 2 N–H and O–H groups in total. The molecule has 4 rings (SSSR count). The van der Waals surface area contributed by atoms with Gasteiger partial charge in [0, 0.05) is 36.2 Å². The third-order valence-corrected chi connectivity index (χ3v) is 7.21. The van der Waals surface area contributed by atoms with E-state index in [1.807, 2.05) is 0 Å². The maximum absolute atomic E-state index is 14.1. The number of anilines is 1. The lowest BCUT2D eigenvalue weighted by molar-refractivity contribution is -0.128. The molecule has 1 saturated heterocycles. The molecule has 8 heteroatoms. The standard InChI is InChI=1S/C28H35N5O3/c1-28(2,36)21-12-14-23(15-13-21)33(27(35)24-11-7-17-32(24)19-29)25(20-8-6-16-30-18-20)26(34)31-22-9-4-3-5-10-22/h6,8,12-16,18,22,24-25,36H,3-5,7,9-11,17H2,1-2H3,(H,31,34)/t24-,25?/m1/s1. The zero-order valence-electron chi connectivity index (χ0n) is 21.1. The van der Waals surface area contributed by atoms with Gasteiger partial charge in [0.05, 0.1) is 5.60 Å². The van der Waals surface area contributed by atoms with E-state index in [2.05, 4.69) is 16.5 Å². The van der Waals surface area contributed by atoms with Gasteiger partial charge in [-0.3, -0.25) is 24.4 Å². The normalized spacial score (nSPS) is 19.4. The number of hydrogen-bond acceptors (Lipinski definition) is 6. The van der Waals surface area contributed by atoms with Crippen molar-refractivity contribution in [3.8, 4) is 6.19 Å². The molecule has 1 saturated carbocycles. The number of amides is 2. The molecule has 1 aromatic heterocycles. The second-order valence-corrected chi connectivity index (χ2v) is 10.3. The summed E-state index contributed by atoms with van der Waals surface area (Å²) in [5, 5.41) is 23.3. The van der Waals surface area contributed by atoms with Crippen molar-refractivity contribution in [2.24, 2.45) is 0 Å². The lowest BCUT2D eigenvalue weighted by Crippen LogP contribution is -2.51. The highest BCUT2D eigenvalue weighted by Crippen LogP contribution is 2.33. The first-order valence-corrected chi connectivity index (χ1v) is 12.8. The number of carbonyl (C=O) groups excluding carboxylic acids is 2. The van der Waals surface area contributed by atoms with Gasteiger partial charge in [-0.2, -0.15) is 5.26 Å². The van der Waals surface area contributed by atoms with Gasteiger partial charge in [0.25, 0.3) is 5.91 Å². The van der Waals surface area contributed by atoms with E-state index in [1.165, 1.54) is 16.2 Å². The topological polar surface area (TPSA) is 110 Å². The molecular weight excluding hydrogens is 454 g/mol. The summed E-state index contributed by atoms with van der Waals surface area (Å²) in [6.07, 6.45) is 11.8. The van der Waals surface area contributed by atoms with Crippen molar-refractivity contribution in [1.29, 1.82) is 5.26 Å². The summed E-state index contributed by atoms with van der Waals surface area (Å²) in [5.74, 6) is -0.547. The average molecular weight is 490 g/mol. The number of nitrogens with one attached hydrogen (secondary N) is 1. The van der Waals surface area contributed by atoms with E-state index in [0.717, 1.165) is 32.1 Å². The first-order chi connectivity index (χ1) is 17.3. The van der Waals surface area contributed by atoms with Crippen LogP contribution in [-0.4, -0.2) is 45.4 Å². The molecule has 1 aromatic carbocycles. The molecule has 0 radical (unpaired) electrons. The molecule has 2 heterocycles. The predicted molar refractivity (Wildman–Crippen MR) is 137 cm³/mol. The van der Waals surface area contributed by atoms with Crippen LogP contribution in [0.3, 0.4) is 0 Å². The number of carbonyl (C=O) groups is 2. The van der Waals surface area contributed by atoms with E-state index in [9.17, 15) is 20.0 Å². The molecule has 1 aliphatic heterocycles. The average Bonchev–Trinajstić information content (AvgIpc) is 3.36. The minimum absolute atomic E-state index is 0.0713. The van der Waals surface area contributed by atoms with Crippen molar-refractivity contribution < 1.29 is 14.7 Å². The van der Waals surface area contributed by atoms with E-state index in [-0.39, 0.29) is 17.9 Å². The number of pyridine rings is 1. The van der Waals surface area contributed by atoms with Crippen LogP contribution in [0, 0.1) is 11.5 Å². The van der Waals surface area contributed by atoms with Gasteiger partial charge in [-0.25, -0.2) is 0 Å². The molecule has 2 aromatic rings. The largest absolute Gasteiger partial charge is 0.386 e. The van der Waals surface area contributed by atoms with Crippen molar-refractivity contribution in [2.75, 3.05) is 11.4 Å². The molecule has 2 atom stereocenters. The summed E-state index contributed by atoms with van der Waals surface area (Å²) in [6, 6.07) is 9.11. The summed E-state index contributed by atoms with van der Waals surface area (Å²) < 4.78 is 0. The number of nitriles is 1. The van der Waals surface area contributed by atoms with Gasteiger partial charge in [-0.05, 0) is 63.3 Å². The fourth-order valence-electron chi connectivity index (χ4n) is 5.22. The van der Waals surface area contributed by atoms with Crippen molar-refractivity contribution >= 4 is 17.5 Å². The number of likely N-dealkylation sites (tertiary alicyclic amines) is 1. The van der Waals surface area contributed by atoms with Crippen molar-refractivity contribution in [3.05, 3.63) is 59.9 Å². The minimum atomic E-state index is -1.04. The Morgan fingerprint density at radius 3 is 2.47 bits per heavy atom. The number of rotatable bonds is 7. The second-order valence-electron chi connectivity index (χ2n) is 10.3. The summed E-state index contributed by atoms with van der Waals surface area (Å²) in [4.78, 5) is 35.2. The molecule has 190 valence electrons. The molecule has 1 unspecified atom stereocenters. The van der Waals surface area contributed by atoms with E-state index in [0.29, 0.717) is 29.8 Å². The highest BCUT2D eigenvalue weighted by Gasteiger charge is 2.40. The number of aromatic nitrogens is 1. The molecule has 2 aliphatic rings. The Labute approximate surface area is 212 Å². The Hall–Kier alpha value is -3.44. The minimum Gasteiger partial charge on any atom is -0.386 e. The van der Waals surface area contributed by atoms with Crippen LogP contribution in [0.2, 0.25) is 0 Å². The Morgan fingerprint density at radius 2 is 1.86 bits per heavy atom. The molecular formula is C28H35N5O3. The fourth-order valence-corrected chi connectivity index (χ4v) is 5.22. The van der Waals surface area contributed by atoms with E-state index in [4.69, 9.17) is 0 Å². The smallest absolute Gasteiger partial charge is 0.251 e. The van der Waals surface area contributed by atoms with Crippen LogP contribution in [0.5, 0.6) is 0 Å². The SMILES string of the molecule is CC(C)(O)c1ccc(N(C(=O)[C@H]2CCCN2C#N)C(C(=O)NC2CCCCC2)c2cccnc2)cc1. The van der Waals surface area contributed by atoms with Gasteiger partial charge in [-0.1, -0.05) is 37.5 Å². The third kappa shape index (κ3) is 5.68. The first kappa shape index (κ1) is 25.6. The van der Waals surface area contributed by atoms with Gasteiger partial charge in [0.1, 0.15) is 12.1 Å². The lowest BCUT2D eigenvalue weighted by atomic mass is 9.94. The Morgan fingerprint density at radius 1 is 1.14 bits per heavy atom. The maximum atomic E-state index is 14.1. The number of nitrogens with zero attached hydrogens (tertiary/aromatic N) is 4. The lowest BCUT2D eigenvalue weighted by Gasteiger charge is -2.35. The van der Waals surface area contributed by atoms with Gasteiger partial charge >= 0.3 is 0 Å². The van der Waals surface area contributed by atoms with Gasteiger partial charge in [0.2, 0.25) is 5.91 Å². The molecule has 0 bridgehead atoms. The molecule has 1 aliphatic carbocycles.